The molecule has 0 atom stereocenters. The Morgan fingerprint density at radius 2 is 1.69 bits per heavy atom. The molecule has 0 spiro atoms. The van der Waals surface area contributed by atoms with Gasteiger partial charge in [-0.1, -0.05) is 41.4 Å². The maximum atomic E-state index is 12.8. The van der Waals surface area contributed by atoms with Crippen molar-refractivity contribution in [3.63, 3.8) is 0 Å². The number of nitrogens with zero attached hydrogens (tertiary/aromatic N) is 3. The summed E-state index contributed by atoms with van der Waals surface area (Å²) < 4.78 is 1.94. The highest BCUT2D eigenvalue weighted by atomic mass is 35.5. The first-order chi connectivity index (χ1) is 13.8. The van der Waals surface area contributed by atoms with Gasteiger partial charge in [0.25, 0.3) is 5.56 Å². The van der Waals surface area contributed by atoms with Crippen LogP contribution in [-0.4, -0.2) is 19.3 Å². The van der Waals surface area contributed by atoms with Crippen LogP contribution in [0.2, 0.25) is 10.0 Å². The van der Waals surface area contributed by atoms with E-state index in [0.29, 0.717) is 21.5 Å². The molecule has 0 amide bonds. The van der Waals surface area contributed by atoms with Gasteiger partial charge in [-0.2, -0.15) is 0 Å². The summed E-state index contributed by atoms with van der Waals surface area (Å²) in [4.78, 5) is 29.4. The van der Waals surface area contributed by atoms with Gasteiger partial charge in [0.05, 0.1) is 5.69 Å². The average molecular weight is 450 g/mol. The number of aromatic hydroxyl groups is 1. The molecular weight excluding hydrogens is 433 g/mol. The van der Waals surface area contributed by atoms with Crippen LogP contribution in [-0.2, 0) is 19.8 Å². The quantitative estimate of drug-likeness (QED) is 0.480. The summed E-state index contributed by atoms with van der Waals surface area (Å²) in [5, 5.41) is 11.9. The zero-order valence-electron chi connectivity index (χ0n) is 15.6. The Morgan fingerprint density at radius 3 is 2.34 bits per heavy atom. The minimum absolute atomic E-state index is 0.0541. The van der Waals surface area contributed by atoms with Crippen molar-refractivity contribution in [1.82, 2.24) is 9.13 Å². The van der Waals surface area contributed by atoms with Crippen LogP contribution in [0.5, 0.6) is 5.88 Å². The van der Waals surface area contributed by atoms with E-state index in [-0.39, 0.29) is 10.6 Å². The van der Waals surface area contributed by atoms with Crippen molar-refractivity contribution >= 4 is 45.7 Å². The van der Waals surface area contributed by atoms with Gasteiger partial charge in [0.1, 0.15) is 10.6 Å². The van der Waals surface area contributed by atoms with E-state index in [0.717, 1.165) is 14.7 Å². The number of benzene rings is 2. The van der Waals surface area contributed by atoms with Gasteiger partial charge in [-0.25, -0.2) is 9.79 Å². The molecule has 0 bridgehead atoms. The Kier molecular flexibility index (Phi) is 6.52. The van der Waals surface area contributed by atoms with Crippen molar-refractivity contribution < 1.29 is 5.11 Å². The largest absolute Gasteiger partial charge is 0.494 e. The SMILES string of the molecule is Cn1c(O)c(C(=Nc2ccc(Cl)cc2)SCc2ccccc2Cl)c(=O)n(C)c1=O. The fourth-order valence-electron chi connectivity index (χ4n) is 2.58. The van der Waals surface area contributed by atoms with Gasteiger partial charge in [0.15, 0.2) is 0 Å². The Hall–Kier alpha value is -2.48. The monoisotopic (exact) mass is 449 g/mol. The third kappa shape index (κ3) is 4.58. The summed E-state index contributed by atoms with van der Waals surface area (Å²) in [6, 6.07) is 14.1. The van der Waals surface area contributed by atoms with E-state index in [1.54, 1.807) is 30.3 Å². The lowest BCUT2D eigenvalue weighted by Crippen LogP contribution is -2.39. The van der Waals surface area contributed by atoms with Gasteiger partial charge in [-0.05, 0) is 35.9 Å². The number of aliphatic imine (C=N–C) groups is 1. The minimum atomic E-state index is -0.634. The van der Waals surface area contributed by atoms with E-state index in [1.165, 1.54) is 25.9 Å². The number of thioether (sulfide) groups is 1. The molecule has 2 aromatic carbocycles. The Labute approximate surface area is 181 Å². The number of rotatable bonds is 4. The molecule has 6 nitrogen and oxygen atoms in total. The third-order valence-electron chi connectivity index (χ3n) is 4.23. The van der Waals surface area contributed by atoms with Crippen LogP contribution >= 0.6 is 35.0 Å². The fraction of sp³-hybridized carbons (Fsp3) is 0.150. The van der Waals surface area contributed by atoms with Crippen molar-refractivity contribution in [2.45, 2.75) is 5.75 Å². The zero-order chi connectivity index (χ0) is 21.1. The highest BCUT2D eigenvalue weighted by Crippen LogP contribution is 2.28. The second kappa shape index (κ2) is 8.90. The van der Waals surface area contributed by atoms with Crippen molar-refractivity contribution in [2.75, 3.05) is 0 Å². The molecule has 0 aliphatic rings. The first kappa shape index (κ1) is 21.2. The predicted molar refractivity (Wildman–Crippen MR) is 119 cm³/mol. The van der Waals surface area contributed by atoms with Gasteiger partial charge in [-0.15, -0.1) is 11.8 Å². The Balaban J connectivity index is 2.14. The zero-order valence-corrected chi connectivity index (χ0v) is 17.9. The van der Waals surface area contributed by atoms with Crippen LogP contribution in [0.15, 0.2) is 63.1 Å². The normalized spacial score (nSPS) is 11.7. The molecule has 0 saturated carbocycles. The molecule has 1 N–H and O–H groups in total. The van der Waals surface area contributed by atoms with Gasteiger partial charge in [0.2, 0.25) is 5.88 Å². The molecule has 0 aliphatic carbocycles. The molecule has 0 unspecified atom stereocenters. The lowest BCUT2D eigenvalue weighted by Gasteiger charge is -2.13. The number of hydrogen-bond acceptors (Lipinski definition) is 5. The van der Waals surface area contributed by atoms with Gasteiger partial charge >= 0.3 is 5.69 Å². The molecule has 0 fully saturated rings. The molecule has 0 saturated heterocycles. The molecule has 3 rings (SSSR count). The standard InChI is InChI=1S/C20H17Cl2N3O3S/c1-24-18(26)16(19(27)25(2)20(24)28)17(23-14-9-7-13(21)8-10-14)29-11-12-5-3-4-6-15(12)22/h3-10,26H,11H2,1-2H3. The van der Waals surface area contributed by atoms with E-state index in [4.69, 9.17) is 23.2 Å². The maximum absolute atomic E-state index is 12.8. The van der Waals surface area contributed by atoms with Crippen molar-refractivity contribution in [1.29, 1.82) is 0 Å². The summed E-state index contributed by atoms with van der Waals surface area (Å²) in [6.45, 7) is 0. The molecule has 0 radical (unpaired) electrons. The number of hydrogen-bond donors (Lipinski definition) is 1. The molecular formula is C20H17Cl2N3O3S. The number of aromatic nitrogens is 2. The molecule has 1 aromatic heterocycles. The fourth-order valence-corrected chi connectivity index (χ4v) is 4.02. The van der Waals surface area contributed by atoms with Crippen LogP contribution < -0.4 is 11.2 Å². The van der Waals surface area contributed by atoms with Crippen LogP contribution in [0.4, 0.5) is 5.69 Å². The molecule has 150 valence electrons. The van der Waals surface area contributed by atoms with E-state index in [1.807, 2.05) is 18.2 Å². The van der Waals surface area contributed by atoms with Gasteiger partial charge in [-0.3, -0.25) is 13.9 Å². The molecule has 0 aliphatic heterocycles. The van der Waals surface area contributed by atoms with E-state index in [9.17, 15) is 14.7 Å². The summed E-state index contributed by atoms with van der Waals surface area (Å²) >= 11 is 13.4. The molecule has 9 heteroatoms. The lowest BCUT2D eigenvalue weighted by atomic mass is 10.2. The highest BCUT2D eigenvalue weighted by molar-refractivity contribution is 8.13. The third-order valence-corrected chi connectivity index (χ3v) is 5.87. The van der Waals surface area contributed by atoms with Gasteiger partial charge in [0, 0.05) is 29.9 Å². The topological polar surface area (TPSA) is 76.6 Å². The lowest BCUT2D eigenvalue weighted by molar-refractivity contribution is 0.410. The summed E-state index contributed by atoms with van der Waals surface area (Å²) in [5.74, 6) is -0.0326. The first-order valence-corrected chi connectivity index (χ1v) is 10.2. The predicted octanol–water partition coefficient (Wildman–Crippen LogP) is 4.11. The molecule has 29 heavy (non-hydrogen) atoms. The second-order valence-corrected chi connectivity index (χ2v) is 7.99. The maximum Gasteiger partial charge on any atom is 0.333 e. The van der Waals surface area contributed by atoms with Crippen molar-refractivity contribution in [3.05, 3.63) is 90.5 Å². The van der Waals surface area contributed by atoms with E-state index >= 15 is 0 Å². The summed E-state index contributed by atoms with van der Waals surface area (Å²) in [7, 11) is 2.74. The van der Waals surface area contributed by atoms with Gasteiger partial charge < -0.3 is 5.11 Å². The van der Waals surface area contributed by atoms with E-state index in [2.05, 4.69) is 4.99 Å². The smallest absolute Gasteiger partial charge is 0.333 e. The second-order valence-electron chi connectivity index (χ2n) is 6.18. The van der Waals surface area contributed by atoms with E-state index < -0.39 is 17.1 Å². The van der Waals surface area contributed by atoms with Crippen LogP contribution in [0.3, 0.4) is 0 Å². The summed E-state index contributed by atoms with van der Waals surface area (Å²) in [5.41, 5.74) is 0.0836. The Bertz CT molecular complexity index is 1200. The summed E-state index contributed by atoms with van der Waals surface area (Å²) in [6.07, 6.45) is 0. The van der Waals surface area contributed by atoms with Crippen LogP contribution in [0.1, 0.15) is 11.1 Å². The molecule has 1 heterocycles. The minimum Gasteiger partial charge on any atom is -0.494 e. The van der Waals surface area contributed by atoms with Crippen LogP contribution in [0.25, 0.3) is 0 Å². The number of halogens is 2. The van der Waals surface area contributed by atoms with Crippen molar-refractivity contribution in [3.8, 4) is 5.88 Å². The first-order valence-electron chi connectivity index (χ1n) is 8.49. The van der Waals surface area contributed by atoms with Crippen LogP contribution in [0, 0.1) is 0 Å². The van der Waals surface area contributed by atoms with Crippen molar-refractivity contribution in [2.24, 2.45) is 19.1 Å². The average Bonchev–Trinajstić information content (AvgIpc) is 2.71. The molecule has 3 aromatic rings. The Morgan fingerprint density at radius 1 is 1.03 bits per heavy atom. The highest BCUT2D eigenvalue weighted by Gasteiger charge is 2.21.